The molecule has 4 nitrogen and oxygen atoms in total. The molecule has 0 saturated carbocycles. The van der Waals surface area contributed by atoms with Crippen LogP contribution in [0.4, 0.5) is 0 Å². The van der Waals surface area contributed by atoms with Gasteiger partial charge in [0.1, 0.15) is 0 Å². The molecule has 2 atom stereocenters. The molecule has 0 aliphatic rings. The highest BCUT2D eigenvalue weighted by atomic mass is 28.4. The number of rotatable bonds is 8. The standard InChI is InChI=1S/C29H30O4Si/c1-32-29(31)26(19-27(30)24-15-13-20-9-5-7-11-22(20)17-24)28(33-34(2,3)4)25-16-14-21-10-6-8-12-23(21)18-25/h5-18,26,28H,19H2,1-4H3. The molecule has 4 aromatic carbocycles. The first-order valence-electron chi connectivity index (χ1n) is 11.5. The van der Waals surface area contributed by atoms with Crippen LogP contribution in [0, 0.1) is 5.92 Å². The third-order valence-electron chi connectivity index (χ3n) is 5.93. The number of methoxy groups -OCH3 is 1. The van der Waals surface area contributed by atoms with Gasteiger partial charge in [-0.05, 0) is 58.9 Å². The number of hydrogen-bond donors (Lipinski definition) is 0. The molecule has 2 unspecified atom stereocenters. The van der Waals surface area contributed by atoms with E-state index < -0.39 is 26.3 Å². The van der Waals surface area contributed by atoms with Crippen LogP contribution in [0.2, 0.25) is 19.6 Å². The summed E-state index contributed by atoms with van der Waals surface area (Å²) >= 11 is 0. The van der Waals surface area contributed by atoms with Crippen molar-refractivity contribution in [2.75, 3.05) is 7.11 Å². The van der Waals surface area contributed by atoms with Crippen molar-refractivity contribution in [3.8, 4) is 0 Å². The Hall–Kier alpha value is -3.28. The van der Waals surface area contributed by atoms with Gasteiger partial charge in [0.15, 0.2) is 14.1 Å². The SMILES string of the molecule is COC(=O)C(CC(=O)c1ccc2ccccc2c1)C(O[Si](C)(C)C)c1ccc2ccccc2c1. The molecule has 174 valence electrons. The molecule has 0 aliphatic heterocycles. The molecule has 5 heteroatoms. The molecule has 0 saturated heterocycles. The Kier molecular flexibility index (Phi) is 6.96. The fourth-order valence-electron chi connectivity index (χ4n) is 4.29. The molecule has 0 bridgehead atoms. The molecular weight excluding hydrogens is 440 g/mol. The minimum atomic E-state index is -2.08. The van der Waals surface area contributed by atoms with Crippen molar-refractivity contribution >= 4 is 41.6 Å². The van der Waals surface area contributed by atoms with Gasteiger partial charge in [0.25, 0.3) is 0 Å². The number of carbonyl (C=O) groups is 2. The summed E-state index contributed by atoms with van der Waals surface area (Å²) in [6.07, 6.45) is -0.569. The van der Waals surface area contributed by atoms with E-state index >= 15 is 0 Å². The number of hydrogen-bond acceptors (Lipinski definition) is 4. The van der Waals surface area contributed by atoms with Gasteiger partial charge in [-0.25, -0.2) is 0 Å². The van der Waals surface area contributed by atoms with E-state index in [4.69, 9.17) is 9.16 Å². The first-order valence-corrected chi connectivity index (χ1v) is 14.9. The molecule has 4 rings (SSSR count). The fraction of sp³-hybridized carbons (Fsp3) is 0.241. The zero-order valence-electron chi connectivity index (χ0n) is 20.1. The van der Waals surface area contributed by atoms with Crippen molar-refractivity contribution in [1.82, 2.24) is 0 Å². The average molecular weight is 471 g/mol. The number of benzene rings is 4. The fourth-order valence-corrected chi connectivity index (χ4v) is 5.36. The second-order valence-electron chi connectivity index (χ2n) is 9.58. The van der Waals surface area contributed by atoms with Crippen molar-refractivity contribution in [1.29, 1.82) is 0 Å². The van der Waals surface area contributed by atoms with Gasteiger partial charge in [-0.1, -0.05) is 72.8 Å². The summed E-state index contributed by atoms with van der Waals surface area (Å²) in [7, 11) is -0.715. The van der Waals surface area contributed by atoms with E-state index in [1.165, 1.54) is 7.11 Å². The van der Waals surface area contributed by atoms with E-state index in [-0.39, 0.29) is 12.2 Å². The molecule has 0 amide bonds. The topological polar surface area (TPSA) is 52.6 Å². The zero-order valence-corrected chi connectivity index (χ0v) is 21.1. The van der Waals surface area contributed by atoms with Crippen LogP contribution in [0.25, 0.3) is 21.5 Å². The van der Waals surface area contributed by atoms with Gasteiger partial charge in [-0.15, -0.1) is 0 Å². The van der Waals surface area contributed by atoms with Crippen LogP contribution in [-0.2, 0) is 14.0 Å². The lowest BCUT2D eigenvalue weighted by Crippen LogP contribution is -2.35. The van der Waals surface area contributed by atoms with Crippen molar-refractivity contribution in [3.05, 3.63) is 96.1 Å². The molecule has 0 fully saturated rings. The normalized spacial score (nSPS) is 13.5. The summed E-state index contributed by atoms with van der Waals surface area (Å²) in [5.41, 5.74) is 1.46. The van der Waals surface area contributed by atoms with Crippen LogP contribution >= 0.6 is 0 Å². The highest BCUT2D eigenvalue weighted by Crippen LogP contribution is 2.35. The van der Waals surface area contributed by atoms with Gasteiger partial charge < -0.3 is 9.16 Å². The quantitative estimate of drug-likeness (QED) is 0.159. The van der Waals surface area contributed by atoms with Crippen molar-refractivity contribution in [2.45, 2.75) is 32.2 Å². The van der Waals surface area contributed by atoms with E-state index in [9.17, 15) is 9.59 Å². The first kappa shape index (κ1) is 23.9. The third kappa shape index (κ3) is 5.43. The van der Waals surface area contributed by atoms with Crippen LogP contribution in [0.5, 0.6) is 0 Å². The van der Waals surface area contributed by atoms with Gasteiger partial charge in [0.05, 0.1) is 19.1 Å². The minimum Gasteiger partial charge on any atom is -0.469 e. The van der Waals surface area contributed by atoms with Gasteiger partial charge >= 0.3 is 5.97 Å². The van der Waals surface area contributed by atoms with Gasteiger partial charge in [-0.3, -0.25) is 9.59 Å². The zero-order chi connectivity index (χ0) is 24.3. The maximum absolute atomic E-state index is 13.4. The number of esters is 1. The molecule has 0 heterocycles. The van der Waals surface area contributed by atoms with Crippen molar-refractivity contribution < 1.29 is 18.8 Å². The Bertz CT molecular complexity index is 1340. The molecule has 0 radical (unpaired) electrons. The highest BCUT2D eigenvalue weighted by molar-refractivity contribution is 6.69. The number of ketones is 1. The molecule has 4 aromatic rings. The lowest BCUT2D eigenvalue weighted by Gasteiger charge is -2.31. The second-order valence-corrected chi connectivity index (χ2v) is 14.0. The van der Waals surface area contributed by atoms with Crippen molar-refractivity contribution in [3.63, 3.8) is 0 Å². The summed E-state index contributed by atoms with van der Waals surface area (Å²) < 4.78 is 11.7. The van der Waals surface area contributed by atoms with Crippen LogP contribution < -0.4 is 0 Å². The number of ether oxygens (including phenoxy) is 1. The lowest BCUT2D eigenvalue weighted by molar-refractivity contribution is -0.149. The average Bonchev–Trinajstić information content (AvgIpc) is 2.84. The Morgan fingerprint density at radius 1 is 0.765 bits per heavy atom. The Morgan fingerprint density at radius 2 is 1.32 bits per heavy atom. The Morgan fingerprint density at radius 3 is 1.91 bits per heavy atom. The molecule has 34 heavy (non-hydrogen) atoms. The predicted octanol–water partition coefficient (Wildman–Crippen LogP) is 6.95. The molecule has 0 N–H and O–H groups in total. The summed E-state index contributed by atoms with van der Waals surface area (Å²) in [6, 6.07) is 27.7. The van der Waals surface area contributed by atoms with Crippen LogP contribution in [0.3, 0.4) is 0 Å². The molecular formula is C29H30O4Si. The van der Waals surface area contributed by atoms with Crippen LogP contribution in [0.1, 0.15) is 28.4 Å². The van der Waals surface area contributed by atoms with Gasteiger partial charge in [-0.2, -0.15) is 0 Å². The van der Waals surface area contributed by atoms with Crippen LogP contribution in [0.15, 0.2) is 84.9 Å². The first-order chi connectivity index (χ1) is 16.2. The summed E-state index contributed by atoms with van der Waals surface area (Å²) in [5, 5.41) is 4.24. The monoisotopic (exact) mass is 470 g/mol. The number of Topliss-reactive ketones (excluding diaryl/α,β-unsaturated/α-hetero) is 1. The highest BCUT2D eigenvalue weighted by Gasteiger charge is 2.36. The summed E-state index contributed by atoms with van der Waals surface area (Å²) in [6.45, 7) is 6.25. The third-order valence-corrected chi connectivity index (χ3v) is 6.89. The van der Waals surface area contributed by atoms with E-state index in [2.05, 4.69) is 31.8 Å². The molecule has 0 spiro atoms. The van der Waals surface area contributed by atoms with Gasteiger partial charge in [0.2, 0.25) is 0 Å². The molecule has 0 aliphatic carbocycles. The summed E-state index contributed by atoms with van der Waals surface area (Å²) in [4.78, 5) is 26.4. The maximum Gasteiger partial charge on any atom is 0.312 e. The van der Waals surface area contributed by atoms with E-state index in [1.807, 2.05) is 72.8 Å². The van der Waals surface area contributed by atoms with Gasteiger partial charge in [0, 0.05) is 12.0 Å². The smallest absolute Gasteiger partial charge is 0.312 e. The minimum absolute atomic E-state index is 0.00693. The Balaban J connectivity index is 1.72. The second kappa shape index (κ2) is 9.91. The summed E-state index contributed by atoms with van der Waals surface area (Å²) in [5.74, 6) is -1.30. The van der Waals surface area contributed by atoms with Crippen molar-refractivity contribution in [2.24, 2.45) is 5.92 Å². The largest absolute Gasteiger partial charge is 0.469 e. The predicted molar refractivity (Wildman–Crippen MR) is 140 cm³/mol. The van der Waals surface area contributed by atoms with E-state index in [1.54, 1.807) is 0 Å². The maximum atomic E-state index is 13.4. The molecule has 0 aromatic heterocycles. The van der Waals surface area contributed by atoms with E-state index in [0.29, 0.717) is 5.56 Å². The lowest BCUT2D eigenvalue weighted by atomic mass is 9.88. The van der Waals surface area contributed by atoms with E-state index in [0.717, 1.165) is 27.1 Å². The number of carbonyl (C=O) groups excluding carboxylic acids is 2. The van der Waals surface area contributed by atoms with Crippen LogP contribution in [-0.4, -0.2) is 27.2 Å². The Labute approximate surface area is 201 Å². The number of fused-ring (bicyclic) bond motifs is 2.